The maximum Gasteiger partial charge on any atom is 0.229 e. The maximum atomic E-state index is 5.94. The van der Waals surface area contributed by atoms with Gasteiger partial charge >= 0.3 is 0 Å². The molecule has 0 fully saturated rings. The molecule has 3 N–H and O–H groups in total. The summed E-state index contributed by atoms with van der Waals surface area (Å²) >= 11 is 0. The van der Waals surface area contributed by atoms with Crippen molar-refractivity contribution in [3.8, 4) is 28.5 Å². The highest BCUT2D eigenvalue weighted by Gasteiger charge is 2.18. The highest BCUT2D eigenvalue weighted by molar-refractivity contribution is 5.76. The third-order valence-corrected chi connectivity index (χ3v) is 3.20. The van der Waals surface area contributed by atoms with Crippen LogP contribution in [0.5, 0.6) is 5.88 Å². The zero-order valence-corrected chi connectivity index (χ0v) is 11.8. The minimum absolute atomic E-state index is 0.329. The van der Waals surface area contributed by atoms with Crippen molar-refractivity contribution in [1.29, 1.82) is 0 Å². The fourth-order valence-corrected chi connectivity index (χ4v) is 2.22. The first-order chi connectivity index (χ1) is 10.2. The Balaban J connectivity index is 2.14. The van der Waals surface area contributed by atoms with Gasteiger partial charge in [-0.3, -0.25) is 0 Å². The van der Waals surface area contributed by atoms with Gasteiger partial charge in [0.05, 0.1) is 12.8 Å². The molecule has 3 aromatic rings. The van der Waals surface area contributed by atoms with Gasteiger partial charge in [0.25, 0.3) is 0 Å². The quantitative estimate of drug-likeness (QED) is 0.769. The topological polar surface area (TPSA) is 89.7 Å². The lowest BCUT2D eigenvalue weighted by molar-refractivity contribution is 0.398. The number of nitrogen functional groups attached to an aromatic ring is 1. The Bertz CT molecular complexity index is 767. The molecule has 21 heavy (non-hydrogen) atoms. The predicted molar refractivity (Wildman–Crippen MR) is 80.8 cm³/mol. The number of aromatic amines is 1. The van der Waals surface area contributed by atoms with Crippen LogP contribution in [0, 0.1) is 6.92 Å². The van der Waals surface area contributed by atoms with Crippen LogP contribution in [0.15, 0.2) is 36.7 Å². The predicted octanol–water partition coefficient (Wildman–Crippen LogP) is 2.43. The number of anilines is 1. The number of hydrogen-bond donors (Lipinski definition) is 2. The highest BCUT2D eigenvalue weighted by Crippen LogP contribution is 2.32. The summed E-state index contributed by atoms with van der Waals surface area (Å²) in [5.74, 6) is 1.33. The summed E-state index contributed by atoms with van der Waals surface area (Å²) in [4.78, 5) is 15.9. The second-order valence-corrected chi connectivity index (χ2v) is 4.57. The summed E-state index contributed by atoms with van der Waals surface area (Å²) in [7, 11) is 1.54. The molecule has 0 radical (unpaired) electrons. The second kappa shape index (κ2) is 5.24. The molecule has 0 spiro atoms. The summed E-state index contributed by atoms with van der Waals surface area (Å²) in [5, 5.41) is 0. The van der Waals surface area contributed by atoms with Crippen LogP contribution in [0.25, 0.3) is 22.6 Å². The van der Waals surface area contributed by atoms with Crippen molar-refractivity contribution >= 4 is 5.82 Å². The van der Waals surface area contributed by atoms with E-state index in [-0.39, 0.29) is 0 Å². The molecular formula is C15H15N5O. The minimum atomic E-state index is 0.329. The van der Waals surface area contributed by atoms with Crippen molar-refractivity contribution in [3.05, 3.63) is 42.4 Å². The molecule has 1 aromatic carbocycles. The second-order valence-electron chi connectivity index (χ2n) is 4.57. The third kappa shape index (κ3) is 2.31. The molecule has 0 aliphatic carbocycles. The van der Waals surface area contributed by atoms with E-state index < -0.39 is 0 Å². The molecule has 6 nitrogen and oxygen atoms in total. The van der Waals surface area contributed by atoms with Gasteiger partial charge in [-0.2, -0.15) is 0 Å². The molecule has 3 rings (SSSR count). The number of ether oxygens (including phenoxy) is 1. The zero-order chi connectivity index (χ0) is 14.8. The Hall–Kier alpha value is -2.89. The number of imidazole rings is 1. The first-order valence-electron chi connectivity index (χ1n) is 6.47. The smallest absolute Gasteiger partial charge is 0.229 e. The Morgan fingerprint density at radius 3 is 2.62 bits per heavy atom. The molecule has 6 heteroatoms. The molecule has 0 atom stereocenters. The van der Waals surface area contributed by atoms with E-state index in [0.29, 0.717) is 23.1 Å². The SMILES string of the molecule is COc1ncnc(N)c1-c1nc(-c2ccccc2)c(C)[nH]1. The van der Waals surface area contributed by atoms with Crippen molar-refractivity contribution in [2.75, 3.05) is 12.8 Å². The number of H-pyrrole nitrogens is 1. The van der Waals surface area contributed by atoms with Gasteiger partial charge in [0.2, 0.25) is 5.88 Å². The normalized spacial score (nSPS) is 10.6. The number of hydrogen-bond acceptors (Lipinski definition) is 5. The maximum absolute atomic E-state index is 5.94. The molecule has 0 saturated heterocycles. The molecule has 0 saturated carbocycles. The molecule has 106 valence electrons. The zero-order valence-electron chi connectivity index (χ0n) is 11.8. The van der Waals surface area contributed by atoms with Gasteiger partial charge < -0.3 is 15.5 Å². The van der Waals surface area contributed by atoms with Crippen molar-refractivity contribution in [2.45, 2.75) is 6.92 Å². The molecule has 0 aliphatic heterocycles. The van der Waals surface area contributed by atoms with Crippen LogP contribution in [0.2, 0.25) is 0 Å². The van der Waals surface area contributed by atoms with E-state index in [1.807, 2.05) is 37.3 Å². The fourth-order valence-electron chi connectivity index (χ4n) is 2.22. The summed E-state index contributed by atoms with van der Waals surface area (Å²) in [6, 6.07) is 9.94. The van der Waals surface area contributed by atoms with E-state index in [1.165, 1.54) is 6.33 Å². The molecule has 0 unspecified atom stereocenters. The van der Waals surface area contributed by atoms with E-state index in [0.717, 1.165) is 17.0 Å². The van der Waals surface area contributed by atoms with Crippen molar-refractivity contribution in [2.24, 2.45) is 0 Å². The number of nitrogens with two attached hydrogens (primary N) is 1. The van der Waals surface area contributed by atoms with Crippen molar-refractivity contribution < 1.29 is 4.74 Å². The van der Waals surface area contributed by atoms with Crippen molar-refractivity contribution in [1.82, 2.24) is 19.9 Å². The summed E-state index contributed by atoms with van der Waals surface area (Å²) in [6.45, 7) is 1.96. The molecule has 0 bridgehead atoms. The average Bonchev–Trinajstić information content (AvgIpc) is 2.89. The van der Waals surface area contributed by atoms with E-state index in [4.69, 9.17) is 10.5 Å². The summed E-state index contributed by atoms with van der Waals surface area (Å²) in [5.41, 5.74) is 9.36. The van der Waals surface area contributed by atoms with E-state index >= 15 is 0 Å². The monoisotopic (exact) mass is 281 g/mol. The summed E-state index contributed by atoms with van der Waals surface area (Å²) in [6.07, 6.45) is 1.37. The van der Waals surface area contributed by atoms with E-state index in [1.54, 1.807) is 7.11 Å². The van der Waals surface area contributed by atoms with Crippen LogP contribution in [0.4, 0.5) is 5.82 Å². The molecular weight excluding hydrogens is 266 g/mol. The van der Waals surface area contributed by atoms with E-state index in [9.17, 15) is 0 Å². The molecule has 0 aliphatic rings. The number of nitrogens with one attached hydrogen (secondary N) is 1. The van der Waals surface area contributed by atoms with Gasteiger partial charge in [-0.15, -0.1) is 0 Å². The Morgan fingerprint density at radius 2 is 1.90 bits per heavy atom. The van der Waals surface area contributed by atoms with Crippen LogP contribution in [-0.2, 0) is 0 Å². The van der Waals surface area contributed by atoms with Gasteiger partial charge in [-0.1, -0.05) is 30.3 Å². The van der Waals surface area contributed by atoms with Gasteiger partial charge in [0.15, 0.2) is 0 Å². The highest BCUT2D eigenvalue weighted by atomic mass is 16.5. The van der Waals surface area contributed by atoms with Crippen LogP contribution < -0.4 is 10.5 Å². The fraction of sp³-hybridized carbons (Fsp3) is 0.133. The van der Waals surface area contributed by atoms with Crippen LogP contribution in [0.1, 0.15) is 5.69 Å². The Labute approximate surface area is 122 Å². The number of methoxy groups -OCH3 is 1. The van der Waals surface area contributed by atoms with E-state index in [2.05, 4.69) is 19.9 Å². The van der Waals surface area contributed by atoms with Gasteiger partial charge in [0, 0.05) is 11.3 Å². The lowest BCUT2D eigenvalue weighted by Gasteiger charge is -2.06. The Morgan fingerprint density at radius 1 is 1.14 bits per heavy atom. The third-order valence-electron chi connectivity index (χ3n) is 3.20. The van der Waals surface area contributed by atoms with Crippen LogP contribution in [-0.4, -0.2) is 27.0 Å². The minimum Gasteiger partial charge on any atom is -0.480 e. The lowest BCUT2D eigenvalue weighted by atomic mass is 10.1. The van der Waals surface area contributed by atoms with Gasteiger partial charge in [0.1, 0.15) is 23.5 Å². The molecule has 2 heterocycles. The number of nitrogens with zero attached hydrogens (tertiary/aromatic N) is 3. The Kier molecular flexibility index (Phi) is 3.27. The van der Waals surface area contributed by atoms with Gasteiger partial charge in [-0.05, 0) is 6.92 Å². The number of aromatic nitrogens is 4. The molecule has 0 amide bonds. The largest absolute Gasteiger partial charge is 0.480 e. The lowest BCUT2D eigenvalue weighted by Crippen LogP contribution is -2.00. The van der Waals surface area contributed by atoms with Crippen LogP contribution in [0.3, 0.4) is 0 Å². The standard InChI is InChI=1S/C15H15N5O/c1-9-12(10-6-4-3-5-7-10)20-14(19-9)11-13(16)17-8-18-15(11)21-2/h3-8H,1-2H3,(H,19,20)(H2,16,17,18). The van der Waals surface area contributed by atoms with Gasteiger partial charge in [-0.25, -0.2) is 15.0 Å². The van der Waals surface area contributed by atoms with Crippen LogP contribution >= 0.6 is 0 Å². The number of aryl methyl sites for hydroxylation is 1. The average molecular weight is 281 g/mol. The molecule has 2 aromatic heterocycles. The number of rotatable bonds is 3. The first kappa shape index (κ1) is 13.1. The first-order valence-corrected chi connectivity index (χ1v) is 6.47. The summed E-state index contributed by atoms with van der Waals surface area (Å²) < 4.78 is 5.24. The van der Waals surface area contributed by atoms with Crippen molar-refractivity contribution in [3.63, 3.8) is 0 Å². The number of benzene rings is 1.